The van der Waals surface area contributed by atoms with Gasteiger partial charge in [-0.15, -0.1) is 4.73 Å². The zero-order valence-electron chi connectivity index (χ0n) is 9.24. The first-order valence-electron chi connectivity index (χ1n) is 5.33. The van der Waals surface area contributed by atoms with E-state index in [1.54, 1.807) is 36.7 Å². The summed E-state index contributed by atoms with van der Waals surface area (Å²) in [6.45, 7) is 0. The molecule has 0 unspecified atom stereocenters. The van der Waals surface area contributed by atoms with Crippen LogP contribution in [0.4, 0.5) is 0 Å². The molecule has 2 heterocycles. The molecule has 0 N–H and O–H groups in total. The molecule has 5 heteroatoms. The Bertz CT molecular complexity index is 769. The van der Waals surface area contributed by atoms with E-state index >= 15 is 0 Å². The molecule has 0 aliphatic heterocycles. The highest BCUT2D eigenvalue weighted by molar-refractivity contribution is 7.20. The van der Waals surface area contributed by atoms with Crippen LogP contribution in [0.2, 0.25) is 0 Å². The maximum Gasteiger partial charge on any atom is 0.433 e. The van der Waals surface area contributed by atoms with Crippen molar-refractivity contribution in [3.05, 3.63) is 64.4 Å². The molecule has 3 aromatic rings. The van der Waals surface area contributed by atoms with Crippen molar-refractivity contribution in [2.24, 2.45) is 0 Å². The van der Waals surface area contributed by atoms with Crippen molar-refractivity contribution in [1.29, 1.82) is 0 Å². The van der Waals surface area contributed by atoms with Gasteiger partial charge in [0.25, 0.3) is 5.01 Å². The average molecular weight is 256 g/mol. The highest BCUT2D eigenvalue weighted by Gasteiger charge is 2.16. The molecule has 18 heavy (non-hydrogen) atoms. The predicted octanol–water partition coefficient (Wildman–Crippen LogP) is 1.96. The van der Waals surface area contributed by atoms with E-state index in [0.717, 1.165) is 4.70 Å². The van der Waals surface area contributed by atoms with Gasteiger partial charge in [-0.3, -0.25) is 4.98 Å². The van der Waals surface area contributed by atoms with Gasteiger partial charge in [-0.25, -0.2) is 4.79 Å². The standard InChI is InChI=1S/C13H8N2O2S/c16-12-10-3-1-2-4-11(10)18-13(15(12)17)9-5-7-14-8-6-9/h1-8H. The normalized spacial score (nSPS) is 10.7. The maximum absolute atomic E-state index is 12.0. The minimum Gasteiger partial charge on any atom is -0.615 e. The summed E-state index contributed by atoms with van der Waals surface area (Å²) in [5.74, 6) is 0. The lowest BCUT2D eigenvalue weighted by Gasteiger charge is -2.03. The first-order valence-corrected chi connectivity index (χ1v) is 6.15. The van der Waals surface area contributed by atoms with Crippen molar-refractivity contribution >= 4 is 21.4 Å². The van der Waals surface area contributed by atoms with Gasteiger partial charge in [0.15, 0.2) is 0 Å². The maximum atomic E-state index is 12.0. The minimum absolute atomic E-state index is 0.390. The molecule has 0 bridgehead atoms. The summed E-state index contributed by atoms with van der Waals surface area (Å²) in [5.41, 5.74) is 0.184. The molecule has 0 saturated carbocycles. The number of pyridine rings is 1. The van der Waals surface area contributed by atoms with E-state index in [0.29, 0.717) is 20.7 Å². The Balaban J connectivity index is 2.38. The molecule has 3 rings (SSSR count). The van der Waals surface area contributed by atoms with Gasteiger partial charge in [0.05, 0.1) is 10.3 Å². The van der Waals surface area contributed by atoms with Gasteiger partial charge >= 0.3 is 5.56 Å². The van der Waals surface area contributed by atoms with Crippen LogP contribution in [0.25, 0.3) is 20.7 Å². The molecule has 0 spiro atoms. The fourth-order valence-corrected chi connectivity index (χ4v) is 2.79. The first-order chi connectivity index (χ1) is 8.77. The Morgan fingerprint density at radius 3 is 2.61 bits per heavy atom. The van der Waals surface area contributed by atoms with E-state index in [4.69, 9.17) is 0 Å². The number of benzene rings is 1. The van der Waals surface area contributed by atoms with Crippen molar-refractivity contribution in [2.45, 2.75) is 0 Å². The number of hydrogen-bond acceptors (Lipinski definition) is 4. The van der Waals surface area contributed by atoms with E-state index < -0.39 is 5.56 Å². The second-order valence-electron chi connectivity index (χ2n) is 3.74. The molecule has 2 aromatic heterocycles. The summed E-state index contributed by atoms with van der Waals surface area (Å²) in [4.78, 5) is 15.9. The third-order valence-electron chi connectivity index (χ3n) is 2.62. The van der Waals surface area contributed by atoms with E-state index in [1.165, 1.54) is 11.3 Å². The third kappa shape index (κ3) is 1.65. The van der Waals surface area contributed by atoms with E-state index in [-0.39, 0.29) is 0 Å². The summed E-state index contributed by atoms with van der Waals surface area (Å²) in [5, 5.41) is 12.8. The molecule has 88 valence electrons. The zero-order chi connectivity index (χ0) is 12.5. The fraction of sp³-hybridized carbons (Fsp3) is 0. The second kappa shape index (κ2) is 4.19. The van der Waals surface area contributed by atoms with Crippen LogP contribution in [0.1, 0.15) is 0 Å². The molecular formula is C13H8N2O2S. The lowest BCUT2D eigenvalue weighted by molar-refractivity contribution is -0.604. The smallest absolute Gasteiger partial charge is 0.433 e. The van der Waals surface area contributed by atoms with Gasteiger partial charge in [-0.1, -0.05) is 23.5 Å². The molecule has 0 fully saturated rings. The SMILES string of the molecule is O=c1c2ccccc2sc(-c2ccncc2)[n+]1[O-]. The van der Waals surface area contributed by atoms with Crippen LogP contribution >= 0.6 is 11.3 Å². The van der Waals surface area contributed by atoms with Crippen LogP contribution in [0.15, 0.2) is 53.6 Å². The van der Waals surface area contributed by atoms with Crippen LogP contribution in [0, 0.1) is 5.21 Å². The monoisotopic (exact) mass is 256 g/mol. The molecule has 0 saturated heterocycles. The Morgan fingerprint density at radius 2 is 1.83 bits per heavy atom. The number of rotatable bonds is 1. The summed E-state index contributed by atoms with van der Waals surface area (Å²) in [6, 6.07) is 10.5. The van der Waals surface area contributed by atoms with E-state index in [9.17, 15) is 10.0 Å². The highest BCUT2D eigenvalue weighted by atomic mass is 32.1. The van der Waals surface area contributed by atoms with Crippen LogP contribution < -0.4 is 10.3 Å². The summed E-state index contributed by atoms with van der Waals surface area (Å²) in [6.07, 6.45) is 3.20. The molecule has 0 radical (unpaired) electrons. The van der Waals surface area contributed by atoms with Crippen LogP contribution in [0.5, 0.6) is 0 Å². The van der Waals surface area contributed by atoms with Crippen LogP contribution in [-0.2, 0) is 0 Å². The second-order valence-corrected chi connectivity index (χ2v) is 4.77. The van der Waals surface area contributed by atoms with Crippen molar-refractivity contribution < 1.29 is 4.73 Å². The largest absolute Gasteiger partial charge is 0.615 e. The molecule has 4 nitrogen and oxygen atoms in total. The number of fused-ring (bicyclic) bond motifs is 1. The molecule has 0 aliphatic carbocycles. The molecular weight excluding hydrogens is 248 g/mol. The Morgan fingerprint density at radius 1 is 1.11 bits per heavy atom. The van der Waals surface area contributed by atoms with Gasteiger partial charge in [0.2, 0.25) is 0 Å². The highest BCUT2D eigenvalue weighted by Crippen LogP contribution is 2.23. The topological polar surface area (TPSA) is 56.9 Å². The van der Waals surface area contributed by atoms with Gasteiger partial charge in [-0.2, -0.15) is 0 Å². The minimum atomic E-state index is -0.517. The van der Waals surface area contributed by atoms with Gasteiger partial charge in [-0.05, 0) is 24.3 Å². The van der Waals surface area contributed by atoms with Crippen molar-refractivity contribution in [3.8, 4) is 10.6 Å². The van der Waals surface area contributed by atoms with Gasteiger partial charge < -0.3 is 5.21 Å². The zero-order valence-corrected chi connectivity index (χ0v) is 10.1. The quantitative estimate of drug-likeness (QED) is 0.494. The fourth-order valence-electron chi connectivity index (χ4n) is 1.75. The summed E-state index contributed by atoms with van der Waals surface area (Å²) >= 11 is 1.30. The van der Waals surface area contributed by atoms with Crippen molar-refractivity contribution in [2.75, 3.05) is 0 Å². The molecule has 0 atom stereocenters. The van der Waals surface area contributed by atoms with Gasteiger partial charge in [0.1, 0.15) is 5.39 Å². The number of aromatic nitrogens is 2. The first kappa shape index (κ1) is 10.9. The van der Waals surface area contributed by atoms with Crippen molar-refractivity contribution in [1.82, 2.24) is 4.98 Å². The summed E-state index contributed by atoms with van der Waals surface area (Å²) in [7, 11) is 0. The molecule has 0 aliphatic rings. The average Bonchev–Trinajstić information content (AvgIpc) is 2.44. The Hall–Kier alpha value is -2.27. The summed E-state index contributed by atoms with van der Waals surface area (Å²) < 4.78 is 1.25. The lowest BCUT2D eigenvalue weighted by atomic mass is 10.2. The van der Waals surface area contributed by atoms with E-state index in [2.05, 4.69) is 4.98 Å². The Labute approximate surface area is 106 Å². The molecule has 0 amide bonds. The van der Waals surface area contributed by atoms with Crippen molar-refractivity contribution in [3.63, 3.8) is 0 Å². The van der Waals surface area contributed by atoms with E-state index in [1.807, 2.05) is 12.1 Å². The van der Waals surface area contributed by atoms with Crippen LogP contribution in [-0.4, -0.2) is 4.98 Å². The number of nitrogens with zero attached hydrogens (tertiary/aromatic N) is 2. The predicted molar refractivity (Wildman–Crippen MR) is 70.3 cm³/mol. The lowest BCUT2D eigenvalue weighted by Crippen LogP contribution is -2.45. The number of hydrogen-bond donors (Lipinski definition) is 0. The Kier molecular flexibility index (Phi) is 2.53. The third-order valence-corrected chi connectivity index (χ3v) is 3.79. The van der Waals surface area contributed by atoms with Gasteiger partial charge in [0, 0.05) is 12.4 Å². The van der Waals surface area contributed by atoms with Crippen LogP contribution in [0.3, 0.4) is 0 Å². The molecule has 1 aromatic carbocycles.